The zero-order chi connectivity index (χ0) is 14.8. The number of likely N-dealkylation sites (N-methyl/N-ethyl adjacent to an activating group) is 1. The van der Waals surface area contributed by atoms with E-state index in [9.17, 15) is 18.0 Å². The zero-order valence-electron chi connectivity index (χ0n) is 11.6. The lowest BCUT2D eigenvalue weighted by Gasteiger charge is -2.24. The number of rotatable bonds is 3. The molecular weight excluding hydrogens is 305 g/mol. The highest BCUT2D eigenvalue weighted by Gasteiger charge is 2.32. The van der Waals surface area contributed by atoms with Gasteiger partial charge in [0.2, 0.25) is 0 Å². The molecule has 1 N–H and O–H groups in total. The second-order valence-corrected chi connectivity index (χ2v) is 4.93. The molecule has 0 radical (unpaired) electrons. The molecule has 2 rings (SSSR count). The number of amides is 1. The number of alkyl halides is 3. The van der Waals surface area contributed by atoms with Crippen LogP contribution in [0.25, 0.3) is 0 Å². The lowest BCUT2D eigenvalue weighted by Crippen LogP contribution is -2.40. The Morgan fingerprint density at radius 2 is 1.95 bits per heavy atom. The fourth-order valence-electron chi connectivity index (χ4n) is 2.52. The van der Waals surface area contributed by atoms with Crippen molar-refractivity contribution in [2.24, 2.45) is 0 Å². The second-order valence-electron chi connectivity index (χ2n) is 4.93. The Hall–Kier alpha value is -1.27. The van der Waals surface area contributed by atoms with Crippen molar-refractivity contribution in [3.8, 4) is 0 Å². The van der Waals surface area contributed by atoms with E-state index >= 15 is 0 Å². The van der Waals surface area contributed by atoms with Crippen LogP contribution in [0.4, 0.5) is 13.2 Å². The molecule has 1 unspecified atom stereocenters. The number of nitrogens with zero attached hydrogens (tertiary/aromatic N) is 1. The van der Waals surface area contributed by atoms with Gasteiger partial charge in [-0.15, -0.1) is 12.4 Å². The Labute approximate surface area is 127 Å². The maximum absolute atomic E-state index is 12.5. The van der Waals surface area contributed by atoms with Crippen LogP contribution in [0.2, 0.25) is 0 Å². The highest BCUT2D eigenvalue weighted by atomic mass is 35.5. The highest BCUT2D eigenvalue weighted by molar-refractivity contribution is 5.94. The molecule has 1 saturated heterocycles. The molecule has 1 atom stereocenters. The maximum Gasteiger partial charge on any atom is 0.416 e. The van der Waals surface area contributed by atoms with Crippen LogP contribution in [0, 0.1) is 0 Å². The van der Waals surface area contributed by atoms with E-state index in [0.717, 1.165) is 25.0 Å². The van der Waals surface area contributed by atoms with E-state index in [2.05, 4.69) is 5.32 Å². The highest BCUT2D eigenvalue weighted by Crippen LogP contribution is 2.29. The van der Waals surface area contributed by atoms with Gasteiger partial charge in [-0.1, -0.05) is 0 Å². The molecule has 0 bridgehead atoms. The first-order chi connectivity index (χ1) is 9.43. The molecule has 1 fully saturated rings. The summed E-state index contributed by atoms with van der Waals surface area (Å²) in [6, 6.07) is 4.53. The summed E-state index contributed by atoms with van der Waals surface area (Å²) in [4.78, 5) is 14.0. The number of carbonyl (C=O) groups is 1. The van der Waals surface area contributed by atoms with Crippen molar-refractivity contribution < 1.29 is 18.0 Å². The van der Waals surface area contributed by atoms with Crippen LogP contribution in [0.5, 0.6) is 0 Å². The number of benzene rings is 1. The van der Waals surface area contributed by atoms with Gasteiger partial charge < -0.3 is 10.2 Å². The zero-order valence-corrected chi connectivity index (χ0v) is 12.4. The molecule has 0 aliphatic carbocycles. The van der Waals surface area contributed by atoms with E-state index in [0.29, 0.717) is 18.7 Å². The van der Waals surface area contributed by atoms with Gasteiger partial charge in [0.25, 0.3) is 5.91 Å². The first kappa shape index (κ1) is 17.8. The summed E-state index contributed by atoms with van der Waals surface area (Å²) in [7, 11) is 1.82. The minimum Gasteiger partial charge on any atom is -0.334 e. The molecule has 0 saturated carbocycles. The Morgan fingerprint density at radius 1 is 1.33 bits per heavy atom. The minimum absolute atomic E-state index is 0. The number of hydrogen-bond acceptors (Lipinski definition) is 2. The third kappa shape index (κ3) is 4.11. The lowest BCUT2D eigenvalue weighted by atomic mass is 10.1. The predicted molar refractivity (Wildman–Crippen MR) is 76.7 cm³/mol. The van der Waals surface area contributed by atoms with E-state index in [1.54, 1.807) is 4.90 Å². The van der Waals surface area contributed by atoms with Crippen LogP contribution in [-0.4, -0.2) is 37.0 Å². The first-order valence-corrected chi connectivity index (χ1v) is 6.56. The van der Waals surface area contributed by atoms with Crippen molar-refractivity contribution in [1.29, 1.82) is 0 Å². The first-order valence-electron chi connectivity index (χ1n) is 6.56. The molecule has 1 heterocycles. The summed E-state index contributed by atoms with van der Waals surface area (Å²) in [5.74, 6) is -0.198. The number of hydrogen-bond donors (Lipinski definition) is 1. The monoisotopic (exact) mass is 322 g/mol. The summed E-state index contributed by atoms with van der Waals surface area (Å²) >= 11 is 0. The fourth-order valence-corrected chi connectivity index (χ4v) is 2.52. The molecule has 1 aromatic rings. The van der Waals surface area contributed by atoms with Crippen molar-refractivity contribution in [3.05, 3.63) is 35.4 Å². The van der Waals surface area contributed by atoms with Crippen molar-refractivity contribution in [2.45, 2.75) is 25.1 Å². The molecule has 0 spiro atoms. The smallest absolute Gasteiger partial charge is 0.334 e. The molecule has 7 heteroatoms. The number of likely N-dealkylation sites (tertiary alicyclic amines) is 1. The van der Waals surface area contributed by atoms with Crippen LogP contribution in [0.3, 0.4) is 0 Å². The van der Waals surface area contributed by atoms with E-state index in [1.165, 1.54) is 12.1 Å². The third-order valence-corrected chi connectivity index (χ3v) is 3.54. The van der Waals surface area contributed by atoms with Crippen molar-refractivity contribution >= 4 is 18.3 Å². The standard InChI is InChI=1S/C14H17F3N2O.ClH/c1-18-9-12-3-2-8-19(12)13(20)10-4-6-11(7-5-10)14(15,16)17;/h4-7,12,18H,2-3,8-9H2,1H3;1H. The molecule has 3 nitrogen and oxygen atoms in total. The number of carbonyl (C=O) groups excluding carboxylic acids is 1. The molecule has 0 aromatic heterocycles. The third-order valence-electron chi connectivity index (χ3n) is 3.54. The average molecular weight is 323 g/mol. The molecule has 1 aromatic carbocycles. The lowest BCUT2D eigenvalue weighted by molar-refractivity contribution is -0.137. The van der Waals surface area contributed by atoms with Gasteiger partial charge in [-0.25, -0.2) is 0 Å². The largest absolute Gasteiger partial charge is 0.416 e. The molecular formula is C14H18ClF3N2O. The van der Waals surface area contributed by atoms with Gasteiger partial charge in [0.05, 0.1) is 5.56 Å². The maximum atomic E-state index is 12.5. The molecule has 21 heavy (non-hydrogen) atoms. The Morgan fingerprint density at radius 3 is 2.48 bits per heavy atom. The van der Waals surface area contributed by atoms with Gasteiger partial charge in [0.15, 0.2) is 0 Å². The Bertz CT molecular complexity index is 476. The van der Waals surface area contributed by atoms with E-state index in [-0.39, 0.29) is 24.4 Å². The SMILES string of the molecule is CNCC1CCCN1C(=O)c1ccc(C(F)(F)F)cc1.Cl. The van der Waals surface area contributed by atoms with E-state index in [4.69, 9.17) is 0 Å². The fraction of sp³-hybridized carbons (Fsp3) is 0.500. The van der Waals surface area contributed by atoms with Crippen molar-refractivity contribution in [3.63, 3.8) is 0 Å². The Balaban J connectivity index is 0.00000220. The summed E-state index contributed by atoms with van der Waals surface area (Å²) in [5, 5.41) is 3.03. The van der Waals surface area contributed by atoms with Crippen LogP contribution in [0.15, 0.2) is 24.3 Å². The van der Waals surface area contributed by atoms with Crippen molar-refractivity contribution in [1.82, 2.24) is 10.2 Å². The predicted octanol–water partition coefficient (Wildman–Crippen LogP) is 2.95. The number of halogens is 4. The van der Waals surface area contributed by atoms with Crippen LogP contribution < -0.4 is 5.32 Å². The van der Waals surface area contributed by atoms with Gasteiger partial charge in [0, 0.05) is 24.7 Å². The molecule has 1 aliphatic heterocycles. The normalized spacial score (nSPS) is 18.5. The van der Waals surface area contributed by atoms with E-state index in [1.807, 2.05) is 7.05 Å². The van der Waals surface area contributed by atoms with Crippen LogP contribution >= 0.6 is 12.4 Å². The molecule has 118 valence electrons. The molecule has 1 amide bonds. The van der Waals surface area contributed by atoms with Gasteiger partial charge in [0.1, 0.15) is 0 Å². The van der Waals surface area contributed by atoms with Gasteiger partial charge in [-0.05, 0) is 44.2 Å². The quantitative estimate of drug-likeness (QED) is 0.928. The second kappa shape index (κ2) is 7.13. The van der Waals surface area contributed by atoms with Crippen LogP contribution in [-0.2, 0) is 6.18 Å². The summed E-state index contributed by atoms with van der Waals surface area (Å²) < 4.78 is 37.4. The summed E-state index contributed by atoms with van der Waals surface area (Å²) in [5.41, 5.74) is -0.428. The molecule has 1 aliphatic rings. The van der Waals surface area contributed by atoms with Crippen molar-refractivity contribution in [2.75, 3.05) is 20.1 Å². The average Bonchev–Trinajstić information content (AvgIpc) is 2.86. The van der Waals surface area contributed by atoms with Crippen LogP contribution in [0.1, 0.15) is 28.8 Å². The number of nitrogens with one attached hydrogen (secondary N) is 1. The minimum atomic E-state index is -4.37. The topological polar surface area (TPSA) is 32.3 Å². The summed E-state index contributed by atoms with van der Waals surface area (Å²) in [6.45, 7) is 1.36. The Kier molecular flexibility index (Phi) is 6.04. The van der Waals surface area contributed by atoms with Gasteiger partial charge in [-0.3, -0.25) is 4.79 Å². The van der Waals surface area contributed by atoms with Gasteiger partial charge >= 0.3 is 6.18 Å². The summed E-state index contributed by atoms with van der Waals surface area (Å²) in [6.07, 6.45) is -2.52. The van der Waals surface area contributed by atoms with E-state index < -0.39 is 11.7 Å². The van der Waals surface area contributed by atoms with Gasteiger partial charge in [-0.2, -0.15) is 13.2 Å².